The number of ether oxygens (including phenoxy) is 1. The highest BCUT2D eigenvalue weighted by Gasteiger charge is 2.42. The molecular weight excluding hydrogens is 316 g/mol. The summed E-state index contributed by atoms with van der Waals surface area (Å²) in [5, 5.41) is 9.45. The van der Waals surface area contributed by atoms with Crippen molar-refractivity contribution in [3.63, 3.8) is 0 Å². The van der Waals surface area contributed by atoms with E-state index in [4.69, 9.17) is 9.16 Å². The lowest BCUT2D eigenvalue weighted by atomic mass is 9.79. The topological polar surface area (TPSA) is 38.7 Å². The molecule has 0 heterocycles. The van der Waals surface area contributed by atoms with E-state index in [1.807, 2.05) is 0 Å². The smallest absolute Gasteiger partial charge is 0.192 e. The van der Waals surface area contributed by atoms with Gasteiger partial charge in [-0.3, -0.25) is 0 Å². The van der Waals surface area contributed by atoms with Gasteiger partial charge >= 0.3 is 0 Å². The van der Waals surface area contributed by atoms with Crippen molar-refractivity contribution < 1.29 is 14.3 Å². The SMILES string of the molecule is COc1ccc2c(c1)CC[C@H](CCCO)C2O[Si](C)(C)C(C)(C)C. The maximum atomic E-state index is 9.26. The average Bonchev–Trinajstić information content (AvgIpc) is 2.52. The molecule has 0 amide bonds. The molecule has 4 heteroatoms. The Kier molecular flexibility index (Phi) is 6.16. The number of aliphatic hydroxyl groups excluding tert-OH is 1. The van der Waals surface area contributed by atoms with Gasteiger partial charge in [0.15, 0.2) is 8.32 Å². The zero-order chi connectivity index (χ0) is 18.0. The Morgan fingerprint density at radius 1 is 1.25 bits per heavy atom. The number of benzene rings is 1. The first-order valence-corrected chi connectivity index (χ1v) is 12.1. The second-order valence-electron chi connectivity index (χ2n) is 8.53. The Morgan fingerprint density at radius 2 is 1.96 bits per heavy atom. The molecule has 1 aliphatic rings. The van der Waals surface area contributed by atoms with E-state index in [2.05, 4.69) is 52.1 Å². The minimum atomic E-state index is -1.86. The Labute approximate surface area is 148 Å². The lowest BCUT2D eigenvalue weighted by molar-refractivity contribution is 0.0925. The van der Waals surface area contributed by atoms with Gasteiger partial charge in [-0.2, -0.15) is 0 Å². The van der Waals surface area contributed by atoms with E-state index in [0.717, 1.165) is 31.4 Å². The van der Waals surface area contributed by atoms with E-state index in [1.54, 1.807) is 7.11 Å². The first-order chi connectivity index (χ1) is 11.2. The van der Waals surface area contributed by atoms with Crippen molar-refractivity contribution >= 4 is 8.32 Å². The number of aliphatic hydroxyl groups is 1. The maximum absolute atomic E-state index is 9.26. The number of hydrogen-bond acceptors (Lipinski definition) is 3. The molecule has 0 spiro atoms. The molecule has 1 aliphatic carbocycles. The van der Waals surface area contributed by atoms with Crippen LogP contribution in [0.4, 0.5) is 0 Å². The Hall–Kier alpha value is -0.843. The summed E-state index contributed by atoms with van der Waals surface area (Å²) in [6, 6.07) is 6.41. The molecule has 1 N–H and O–H groups in total. The summed E-state index contributed by atoms with van der Waals surface area (Å²) in [5.74, 6) is 1.42. The van der Waals surface area contributed by atoms with Crippen LogP contribution in [-0.4, -0.2) is 27.1 Å². The van der Waals surface area contributed by atoms with Crippen molar-refractivity contribution in [2.75, 3.05) is 13.7 Å². The van der Waals surface area contributed by atoms with E-state index in [-0.39, 0.29) is 17.7 Å². The molecule has 0 aromatic heterocycles. The summed E-state index contributed by atoms with van der Waals surface area (Å²) in [7, 11) is -0.137. The van der Waals surface area contributed by atoms with E-state index in [0.29, 0.717) is 5.92 Å². The van der Waals surface area contributed by atoms with Gasteiger partial charge in [-0.1, -0.05) is 26.8 Å². The third kappa shape index (κ3) is 4.22. The van der Waals surface area contributed by atoms with E-state index in [1.165, 1.54) is 11.1 Å². The summed E-state index contributed by atoms with van der Waals surface area (Å²) in [6.07, 6.45) is 4.22. The van der Waals surface area contributed by atoms with Crippen LogP contribution in [0.2, 0.25) is 18.1 Å². The average molecular weight is 351 g/mol. The first kappa shape index (κ1) is 19.5. The quantitative estimate of drug-likeness (QED) is 0.726. The second kappa shape index (κ2) is 7.59. The van der Waals surface area contributed by atoms with Gasteiger partial charge in [0.25, 0.3) is 0 Å². The van der Waals surface area contributed by atoms with Crippen molar-refractivity contribution in [1.82, 2.24) is 0 Å². The van der Waals surface area contributed by atoms with Crippen LogP contribution >= 0.6 is 0 Å². The standard InChI is InChI=1S/C20H34O3Si/c1-20(2,3)24(5,6)23-19-15(8-7-13-21)9-10-16-14-17(22-4)11-12-18(16)19/h11-12,14-15,19,21H,7-10,13H2,1-6H3/t15-,19?/m0/s1. The van der Waals surface area contributed by atoms with Crippen molar-refractivity contribution in [2.24, 2.45) is 5.92 Å². The third-order valence-corrected chi connectivity index (χ3v) is 10.3. The van der Waals surface area contributed by atoms with Gasteiger partial charge in [-0.05, 0) is 73.0 Å². The van der Waals surface area contributed by atoms with Gasteiger partial charge in [0.1, 0.15) is 5.75 Å². The molecule has 0 saturated carbocycles. The predicted octanol–water partition coefficient (Wildman–Crippen LogP) is 5.09. The largest absolute Gasteiger partial charge is 0.497 e. The minimum absolute atomic E-state index is 0.145. The van der Waals surface area contributed by atoms with Crippen molar-refractivity contribution in [1.29, 1.82) is 0 Å². The van der Waals surface area contributed by atoms with Gasteiger partial charge in [-0.15, -0.1) is 0 Å². The zero-order valence-electron chi connectivity index (χ0n) is 16.2. The van der Waals surface area contributed by atoms with E-state index in [9.17, 15) is 5.11 Å². The first-order valence-electron chi connectivity index (χ1n) is 9.15. The fourth-order valence-electron chi connectivity index (χ4n) is 3.25. The van der Waals surface area contributed by atoms with Gasteiger partial charge < -0.3 is 14.3 Å². The second-order valence-corrected chi connectivity index (χ2v) is 13.3. The maximum Gasteiger partial charge on any atom is 0.192 e. The highest BCUT2D eigenvalue weighted by molar-refractivity contribution is 6.74. The van der Waals surface area contributed by atoms with Crippen molar-refractivity contribution in [3.05, 3.63) is 29.3 Å². The molecule has 24 heavy (non-hydrogen) atoms. The lowest BCUT2D eigenvalue weighted by Gasteiger charge is -2.44. The number of rotatable bonds is 6. The number of aryl methyl sites for hydroxylation is 1. The molecule has 0 radical (unpaired) electrons. The van der Waals surface area contributed by atoms with Crippen LogP contribution in [-0.2, 0) is 10.8 Å². The molecule has 1 aromatic carbocycles. The Morgan fingerprint density at radius 3 is 2.54 bits per heavy atom. The van der Waals surface area contributed by atoms with Crippen LogP contribution in [0.25, 0.3) is 0 Å². The van der Waals surface area contributed by atoms with Gasteiger partial charge in [-0.25, -0.2) is 0 Å². The fraction of sp³-hybridized carbons (Fsp3) is 0.700. The molecule has 0 aliphatic heterocycles. The highest BCUT2D eigenvalue weighted by atomic mass is 28.4. The minimum Gasteiger partial charge on any atom is -0.497 e. The monoisotopic (exact) mass is 350 g/mol. The molecule has 0 saturated heterocycles. The van der Waals surface area contributed by atoms with Gasteiger partial charge in [0.2, 0.25) is 0 Å². The number of methoxy groups -OCH3 is 1. The molecule has 2 rings (SSSR count). The summed E-state index contributed by atoms with van der Waals surface area (Å²) in [6.45, 7) is 11.8. The van der Waals surface area contributed by atoms with Crippen LogP contribution < -0.4 is 4.74 Å². The van der Waals surface area contributed by atoms with E-state index < -0.39 is 8.32 Å². The van der Waals surface area contributed by atoms with Crippen LogP contribution in [0, 0.1) is 5.92 Å². The van der Waals surface area contributed by atoms with Gasteiger partial charge in [0.05, 0.1) is 13.2 Å². The van der Waals surface area contributed by atoms with Crippen molar-refractivity contribution in [2.45, 2.75) is 70.7 Å². The summed E-state index contributed by atoms with van der Waals surface area (Å²) >= 11 is 0. The zero-order valence-corrected chi connectivity index (χ0v) is 17.2. The highest BCUT2D eigenvalue weighted by Crippen LogP contribution is 2.46. The summed E-state index contributed by atoms with van der Waals surface area (Å²) in [4.78, 5) is 0. The number of fused-ring (bicyclic) bond motifs is 1. The lowest BCUT2D eigenvalue weighted by Crippen LogP contribution is -2.44. The van der Waals surface area contributed by atoms with Crippen LogP contribution in [0.5, 0.6) is 5.75 Å². The Balaban J connectivity index is 2.34. The number of hydrogen-bond donors (Lipinski definition) is 1. The fourth-order valence-corrected chi connectivity index (χ4v) is 4.56. The predicted molar refractivity (Wildman–Crippen MR) is 102 cm³/mol. The van der Waals surface area contributed by atoms with Gasteiger partial charge in [0, 0.05) is 6.61 Å². The summed E-state index contributed by atoms with van der Waals surface area (Å²) in [5.41, 5.74) is 2.69. The molecular formula is C20H34O3Si. The molecule has 0 fully saturated rings. The van der Waals surface area contributed by atoms with Crippen LogP contribution in [0.3, 0.4) is 0 Å². The molecule has 1 aromatic rings. The van der Waals surface area contributed by atoms with Crippen LogP contribution in [0.1, 0.15) is 57.3 Å². The van der Waals surface area contributed by atoms with Crippen LogP contribution in [0.15, 0.2) is 18.2 Å². The Bertz CT molecular complexity index is 548. The molecule has 3 nitrogen and oxygen atoms in total. The molecule has 136 valence electrons. The molecule has 0 bridgehead atoms. The molecule has 2 atom stereocenters. The van der Waals surface area contributed by atoms with Crippen molar-refractivity contribution in [3.8, 4) is 5.75 Å². The summed E-state index contributed by atoms with van der Waals surface area (Å²) < 4.78 is 12.3. The normalized spacial score (nSPS) is 21.5. The third-order valence-electron chi connectivity index (χ3n) is 5.83. The molecule has 1 unspecified atom stereocenters. The van der Waals surface area contributed by atoms with E-state index >= 15 is 0 Å².